The molecule has 0 saturated carbocycles. The van der Waals surface area contributed by atoms with Crippen molar-refractivity contribution >= 4 is 11.7 Å². The minimum absolute atomic E-state index is 0.00201. The SMILES string of the molecule is CC(=O)NCCCNc1nc(C)cc(C)c1CN. The van der Waals surface area contributed by atoms with E-state index in [2.05, 4.69) is 15.6 Å². The highest BCUT2D eigenvalue weighted by atomic mass is 16.1. The van der Waals surface area contributed by atoms with Crippen molar-refractivity contribution in [2.45, 2.75) is 33.7 Å². The number of nitrogens with zero attached hydrogens (tertiary/aromatic N) is 1. The summed E-state index contributed by atoms with van der Waals surface area (Å²) in [6.45, 7) is 7.45. The van der Waals surface area contributed by atoms with Crippen LogP contribution in [0.3, 0.4) is 0 Å². The molecule has 1 aromatic heterocycles. The minimum Gasteiger partial charge on any atom is -0.370 e. The number of carbonyl (C=O) groups is 1. The molecule has 1 aromatic rings. The molecular weight excluding hydrogens is 228 g/mol. The average Bonchev–Trinajstić information content (AvgIpc) is 2.27. The fourth-order valence-electron chi connectivity index (χ4n) is 1.83. The molecule has 0 aliphatic rings. The van der Waals surface area contributed by atoms with Gasteiger partial charge in [-0.2, -0.15) is 0 Å². The van der Waals surface area contributed by atoms with Crippen molar-refractivity contribution in [1.82, 2.24) is 10.3 Å². The average molecular weight is 250 g/mol. The molecule has 0 atom stereocenters. The molecule has 1 amide bonds. The number of hydrogen-bond acceptors (Lipinski definition) is 4. The van der Waals surface area contributed by atoms with E-state index in [0.717, 1.165) is 35.6 Å². The van der Waals surface area contributed by atoms with E-state index in [1.807, 2.05) is 19.9 Å². The summed E-state index contributed by atoms with van der Waals surface area (Å²) in [7, 11) is 0. The summed E-state index contributed by atoms with van der Waals surface area (Å²) in [5.74, 6) is 0.861. The topological polar surface area (TPSA) is 80.0 Å². The molecule has 4 N–H and O–H groups in total. The molecule has 0 aliphatic heterocycles. The van der Waals surface area contributed by atoms with Crippen LogP contribution in [0.25, 0.3) is 0 Å². The summed E-state index contributed by atoms with van der Waals surface area (Å²) >= 11 is 0. The molecule has 1 heterocycles. The lowest BCUT2D eigenvalue weighted by atomic mass is 10.1. The fourth-order valence-corrected chi connectivity index (χ4v) is 1.83. The zero-order valence-corrected chi connectivity index (χ0v) is 11.3. The monoisotopic (exact) mass is 250 g/mol. The summed E-state index contributed by atoms with van der Waals surface area (Å²) in [4.78, 5) is 15.2. The highest BCUT2D eigenvalue weighted by molar-refractivity contribution is 5.72. The second-order valence-corrected chi connectivity index (χ2v) is 4.38. The number of nitrogens with two attached hydrogens (primary N) is 1. The lowest BCUT2D eigenvalue weighted by molar-refractivity contribution is -0.118. The number of nitrogens with one attached hydrogen (secondary N) is 2. The van der Waals surface area contributed by atoms with E-state index in [0.29, 0.717) is 13.1 Å². The third kappa shape index (κ3) is 4.33. The minimum atomic E-state index is 0.00201. The molecule has 5 nitrogen and oxygen atoms in total. The van der Waals surface area contributed by atoms with Gasteiger partial charge in [-0.15, -0.1) is 0 Å². The van der Waals surface area contributed by atoms with Crippen molar-refractivity contribution in [2.75, 3.05) is 18.4 Å². The van der Waals surface area contributed by atoms with Gasteiger partial charge in [0.05, 0.1) is 0 Å². The Hall–Kier alpha value is -1.62. The Labute approximate surface area is 108 Å². The predicted octanol–water partition coefficient (Wildman–Crippen LogP) is 1.10. The van der Waals surface area contributed by atoms with Crippen LogP contribution in [0.5, 0.6) is 0 Å². The van der Waals surface area contributed by atoms with Crippen molar-refractivity contribution in [3.8, 4) is 0 Å². The standard InChI is InChI=1S/C13H22N4O/c1-9-7-10(2)17-13(12(9)8-14)16-6-4-5-15-11(3)18/h7H,4-6,8,14H2,1-3H3,(H,15,18)(H,16,17). The number of aryl methyl sites for hydroxylation is 2. The number of pyridine rings is 1. The van der Waals surface area contributed by atoms with Crippen LogP contribution < -0.4 is 16.4 Å². The summed E-state index contributed by atoms with van der Waals surface area (Å²) in [5.41, 5.74) is 8.93. The van der Waals surface area contributed by atoms with E-state index in [-0.39, 0.29) is 5.91 Å². The van der Waals surface area contributed by atoms with Gasteiger partial charge in [-0.3, -0.25) is 4.79 Å². The number of rotatable bonds is 6. The second-order valence-electron chi connectivity index (χ2n) is 4.38. The van der Waals surface area contributed by atoms with Gasteiger partial charge >= 0.3 is 0 Å². The summed E-state index contributed by atoms with van der Waals surface area (Å²) in [5, 5.41) is 6.04. The van der Waals surface area contributed by atoms with Gasteiger partial charge in [0.15, 0.2) is 0 Å². The molecule has 0 radical (unpaired) electrons. The molecule has 0 bridgehead atoms. The van der Waals surface area contributed by atoms with Gasteiger partial charge in [-0.25, -0.2) is 4.98 Å². The summed E-state index contributed by atoms with van der Waals surface area (Å²) in [6, 6.07) is 2.03. The van der Waals surface area contributed by atoms with E-state index in [1.54, 1.807) is 0 Å². The second kappa shape index (κ2) is 6.96. The summed E-state index contributed by atoms with van der Waals surface area (Å²) in [6.07, 6.45) is 0.859. The molecule has 0 aromatic carbocycles. The van der Waals surface area contributed by atoms with E-state index in [1.165, 1.54) is 6.92 Å². The zero-order chi connectivity index (χ0) is 13.5. The third-order valence-corrected chi connectivity index (χ3v) is 2.70. The summed E-state index contributed by atoms with van der Waals surface area (Å²) < 4.78 is 0. The van der Waals surface area contributed by atoms with Crippen LogP contribution >= 0.6 is 0 Å². The van der Waals surface area contributed by atoms with Gasteiger partial charge in [0.2, 0.25) is 5.91 Å². The van der Waals surface area contributed by atoms with Crippen molar-refractivity contribution in [3.05, 3.63) is 22.9 Å². The van der Waals surface area contributed by atoms with Crippen molar-refractivity contribution in [3.63, 3.8) is 0 Å². The normalized spacial score (nSPS) is 10.2. The van der Waals surface area contributed by atoms with Crippen molar-refractivity contribution in [1.29, 1.82) is 0 Å². The largest absolute Gasteiger partial charge is 0.370 e. The highest BCUT2D eigenvalue weighted by Crippen LogP contribution is 2.17. The number of hydrogen-bond donors (Lipinski definition) is 3. The maximum absolute atomic E-state index is 10.7. The smallest absolute Gasteiger partial charge is 0.216 e. The van der Waals surface area contributed by atoms with Gasteiger partial charge in [0, 0.05) is 37.8 Å². The highest BCUT2D eigenvalue weighted by Gasteiger charge is 2.06. The third-order valence-electron chi connectivity index (χ3n) is 2.70. The van der Waals surface area contributed by atoms with Crippen molar-refractivity contribution < 1.29 is 4.79 Å². The predicted molar refractivity (Wildman–Crippen MR) is 73.4 cm³/mol. The number of aromatic nitrogens is 1. The molecule has 0 unspecified atom stereocenters. The van der Waals surface area contributed by atoms with Gasteiger partial charge < -0.3 is 16.4 Å². The first kappa shape index (κ1) is 14.4. The Kier molecular flexibility index (Phi) is 5.58. The molecule has 0 spiro atoms. The molecule has 0 saturated heterocycles. The number of amides is 1. The molecule has 0 aliphatic carbocycles. The molecular formula is C13H22N4O. The Morgan fingerprint density at radius 2 is 2.11 bits per heavy atom. The van der Waals surface area contributed by atoms with Crippen LogP contribution in [-0.4, -0.2) is 24.0 Å². The molecule has 1 rings (SSSR count). The lowest BCUT2D eigenvalue weighted by Gasteiger charge is -2.13. The molecule has 100 valence electrons. The van der Waals surface area contributed by atoms with Crippen LogP contribution in [0.15, 0.2) is 6.07 Å². The van der Waals surface area contributed by atoms with E-state index >= 15 is 0 Å². The van der Waals surface area contributed by atoms with E-state index < -0.39 is 0 Å². The van der Waals surface area contributed by atoms with Gasteiger partial charge in [0.25, 0.3) is 0 Å². The lowest BCUT2D eigenvalue weighted by Crippen LogP contribution is -2.23. The Bertz CT molecular complexity index is 418. The number of anilines is 1. The maximum Gasteiger partial charge on any atom is 0.216 e. The van der Waals surface area contributed by atoms with Crippen LogP contribution in [0.1, 0.15) is 30.2 Å². The quantitative estimate of drug-likeness (QED) is 0.660. The number of carbonyl (C=O) groups excluding carboxylic acids is 1. The molecule has 5 heteroatoms. The van der Waals surface area contributed by atoms with Crippen LogP contribution in [-0.2, 0) is 11.3 Å². The first-order chi connectivity index (χ1) is 8.54. The van der Waals surface area contributed by atoms with Crippen LogP contribution in [0.4, 0.5) is 5.82 Å². The Morgan fingerprint density at radius 1 is 1.39 bits per heavy atom. The maximum atomic E-state index is 10.7. The Morgan fingerprint density at radius 3 is 2.72 bits per heavy atom. The van der Waals surface area contributed by atoms with Crippen LogP contribution in [0, 0.1) is 13.8 Å². The van der Waals surface area contributed by atoms with Gasteiger partial charge in [0.1, 0.15) is 5.82 Å². The molecule has 18 heavy (non-hydrogen) atoms. The fraction of sp³-hybridized carbons (Fsp3) is 0.538. The van der Waals surface area contributed by atoms with Gasteiger partial charge in [-0.05, 0) is 31.9 Å². The van der Waals surface area contributed by atoms with E-state index in [4.69, 9.17) is 5.73 Å². The first-order valence-electron chi connectivity index (χ1n) is 6.20. The van der Waals surface area contributed by atoms with Crippen LogP contribution in [0.2, 0.25) is 0 Å². The first-order valence-corrected chi connectivity index (χ1v) is 6.20. The Balaban J connectivity index is 2.53. The molecule has 0 fully saturated rings. The zero-order valence-electron chi connectivity index (χ0n) is 11.3. The van der Waals surface area contributed by atoms with Crippen molar-refractivity contribution in [2.24, 2.45) is 5.73 Å². The van der Waals surface area contributed by atoms with Gasteiger partial charge in [-0.1, -0.05) is 0 Å². The van der Waals surface area contributed by atoms with E-state index in [9.17, 15) is 4.79 Å².